The number of amides is 1. The van der Waals surface area contributed by atoms with Gasteiger partial charge in [0.25, 0.3) is 0 Å². The highest BCUT2D eigenvalue weighted by atomic mass is 79.9. The van der Waals surface area contributed by atoms with Crippen LogP contribution in [0.3, 0.4) is 0 Å². The summed E-state index contributed by atoms with van der Waals surface area (Å²) >= 11 is 4.94. The Hall–Kier alpha value is -2.18. The van der Waals surface area contributed by atoms with Gasteiger partial charge in [0.2, 0.25) is 5.91 Å². The standard InChI is InChI=1S/C19H17BrN2O2S/c1-2-24-17-10-6-3-7-14(17)19-21-13(12-25-19)11-18(23)22-16-9-5-4-8-15(16)20/h3-10,12H,2,11H2,1H3,(H,22,23). The first kappa shape index (κ1) is 17.6. The fourth-order valence-electron chi connectivity index (χ4n) is 2.36. The van der Waals surface area contributed by atoms with Gasteiger partial charge < -0.3 is 10.1 Å². The van der Waals surface area contributed by atoms with E-state index in [0.717, 1.165) is 32.2 Å². The number of hydrogen-bond donors (Lipinski definition) is 1. The molecule has 0 aliphatic heterocycles. The third-order valence-corrected chi connectivity index (χ3v) is 5.07. The number of halogens is 1. The molecule has 6 heteroatoms. The number of aromatic nitrogens is 1. The molecule has 128 valence electrons. The van der Waals surface area contributed by atoms with E-state index in [-0.39, 0.29) is 12.3 Å². The van der Waals surface area contributed by atoms with Crippen molar-refractivity contribution in [1.29, 1.82) is 0 Å². The van der Waals surface area contributed by atoms with Crippen molar-refractivity contribution in [2.24, 2.45) is 0 Å². The van der Waals surface area contributed by atoms with Gasteiger partial charge in [-0.05, 0) is 47.1 Å². The predicted octanol–water partition coefficient (Wildman–Crippen LogP) is 5.15. The number of thiazole rings is 1. The van der Waals surface area contributed by atoms with E-state index < -0.39 is 0 Å². The second-order valence-corrected chi connectivity index (χ2v) is 6.99. The van der Waals surface area contributed by atoms with Gasteiger partial charge in [-0.2, -0.15) is 0 Å². The molecule has 0 radical (unpaired) electrons. The summed E-state index contributed by atoms with van der Waals surface area (Å²) in [5, 5.41) is 5.66. The number of benzene rings is 2. The Labute approximate surface area is 159 Å². The molecule has 0 saturated heterocycles. The molecule has 0 fully saturated rings. The number of rotatable bonds is 6. The molecular formula is C19H17BrN2O2S. The van der Waals surface area contributed by atoms with Crippen molar-refractivity contribution in [1.82, 2.24) is 4.98 Å². The Bertz CT molecular complexity index is 879. The van der Waals surface area contributed by atoms with Crippen molar-refractivity contribution in [2.45, 2.75) is 13.3 Å². The van der Waals surface area contributed by atoms with Crippen molar-refractivity contribution in [3.05, 3.63) is 64.1 Å². The zero-order valence-electron chi connectivity index (χ0n) is 13.7. The van der Waals surface area contributed by atoms with Gasteiger partial charge in [-0.25, -0.2) is 4.98 Å². The Morgan fingerprint density at radius 3 is 2.76 bits per heavy atom. The summed E-state index contributed by atoms with van der Waals surface area (Å²) in [5.74, 6) is 0.713. The van der Waals surface area contributed by atoms with Gasteiger partial charge in [0.15, 0.2) is 0 Å². The van der Waals surface area contributed by atoms with Crippen LogP contribution in [0.25, 0.3) is 10.6 Å². The van der Waals surface area contributed by atoms with Crippen molar-refractivity contribution in [3.8, 4) is 16.3 Å². The van der Waals surface area contributed by atoms with Crippen LogP contribution >= 0.6 is 27.3 Å². The zero-order valence-corrected chi connectivity index (χ0v) is 16.1. The summed E-state index contributed by atoms with van der Waals surface area (Å²) in [6.07, 6.45) is 0.231. The number of anilines is 1. The lowest BCUT2D eigenvalue weighted by atomic mass is 10.2. The van der Waals surface area contributed by atoms with Crippen LogP contribution in [0.2, 0.25) is 0 Å². The van der Waals surface area contributed by atoms with E-state index in [1.165, 1.54) is 11.3 Å². The Kier molecular flexibility index (Phi) is 5.83. The first-order valence-corrected chi connectivity index (χ1v) is 9.55. The van der Waals surface area contributed by atoms with Crippen LogP contribution in [0.1, 0.15) is 12.6 Å². The smallest absolute Gasteiger partial charge is 0.230 e. The predicted molar refractivity (Wildman–Crippen MR) is 105 cm³/mol. The third-order valence-electron chi connectivity index (χ3n) is 3.46. The normalized spacial score (nSPS) is 10.5. The second-order valence-electron chi connectivity index (χ2n) is 5.28. The van der Waals surface area contributed by atoms with Gasteiger partial charge in [0.1, 0.15) is 10.8 Å². The lowest BCUT2D eigenvalue weighted by molar-refractivity contribution is -0.115. The van der Waals surface area contributed by atoms with Gasteiger partial charge in [0.05, 0.1) is 30.0 Å². The number of nitrogens with zero attached hydrogens (tertiary/aromatic N) is 1. The van der Waals surface area contributed by atoms with E-state index in [9.17, 15) is 4.79 Å². The molecule has 25 heavy (non-hydrogen) atoms. The number of para-hydroxylation sites is 2. The molecule has 1 N–H and O–H groups in total. The minimum Gasteiger partial charge on any atom is -0.493 e. The van der Waals surface area contributed by atoms with Gasteiger partial charge >= 0.3 is 0 Å². The van der Waals surface area contributed by atoms with E-state index in [1.807, 2.05) is 60.8 Å². The molecule has 0 atom stereocenters. The van der Waals surface area contributed by atoms with Crippen molar-refractivity contribution in [3.63, 3.8) is 0 Å². The summed E-state index contributed by atoms with van der Waals surface area (Å²) < 4.78 is 6.51. The van der Waals surface area contributed by atoms with E-state index in [0.29, 0.717) is 6.61 Å². The van der Waals surface area contributed by atoms with E-state index in [2.05, 4.69) is 26.2 Å². The van der Waals surface area contributed by atoms with Gasteiger partial charge in [-0.1, -0.05) is 24.3 Å². The highest BCUT2D eigenvalue weighted by Crippen LogP contribution is 2.32. The number of nitrogens with one attached hydrogen (secondary N) is 1. The van der Waals surface area contributed by atoms with Crippen molar-refractivity contribution < 1.29 is 9.53 Å². The first-order chi connectivity index (χ1) is 12.2. The van der Waals surface area contributed by atoms with Crippen LogP contribution in [-0.4, -0.2) is 17.5 Å². The Morgan fingerprint density at radius 2 is 1.96 bits per heavy atom. The first-order valence-electron chi connectivity index (χ1n) is 7.88. The van der Waals surface area contributed by atoms with Gasteiger partial charge in [-0.3, -0.25) is 4.79 Å². The monoisotopic (exact) mass is 416 g/mol. The number of hydrogen-bond acceptors (Lipinski definition) is 4. The maximum absolute atomic E-state index is 12.3. The molecule has 0 saturated carbocycles. The van der Waals surface area contributed by atoms with Crippen LogP contribution in [0, 0.1) is 0 Å². The molecule has 0 bridgehead atoms. The molecule has 4 nitrogen and oxygen atoms in total. The zero-order chi connectivity index (χ0) is 17.6. The maximum Gasteiger partial charge on any atom is 0.230 e. The molecule has 1 aromatic heterocycles. The maximum atomic E-state index is 12.3. The molecule has 0 unspecified atom stereocenters. The summed E-state index contributed by atoms with van der Waals surface area (Å²) in [4.78, 5) is 16.9. The lowest BCUT2D eigenvalue weighted by Crippen LogP contribution is -2.14. The lowest BCUT2D eigenvalue weighted by Gasteiger charge is -2.07. The quantitative estimate of drug-likeness (QED) is 0.603. The van der Waals surface area contributed by atoms with Crippen LogP contribution in [-0.2, 0) is 11.2 Å². The minimum absolute atomic E-state index is 0.0955. The Balaban J connectivity index is 1.72. The molecule has 1 heterocycles. The molecule has 3 aromatic rings. The largest absolute Gasteiger partial charge is 0.493 e. The third kappa shape index (κ3) is 4.46. The molecule has 0 spiro atoms. The number of carbonyl (C=O) groups is 1. The van der Waals surface area contributed by atoms with E-state index in [4.69, 9.17) is 4.74 Å². The SMILES string of the molecule is CCOc1ccccc1-c1nc(CC(=O)Nc2ccccc2Br)cs1. The Morgan fingerprint density at radius 1 is 1.20 bits per heavy atom. The highest BCUT2D eigenvalue weighted by Gasteiger charge is 2.13. The van der Waals surface area contributed by atoms with Crippen LogP contribution in [0.15, 0.2) is 58.4 Å². The molecular weight excluding hydrogens is 400 g/mol. The number of carbonyl (C=O) groups excluding carboxylic acids is 1. The summed E-state index contributed by atoms with van der Waals surface area (Å²) in [5.41, 5.74) is 2.45. The minimum atomic E-state index is -0.0955. The summed E-state index contributed by atoms with van der Waals surface area (Å²) in [6.45, 7) is 2.56. The average molecular weight is 417 g/mol. The topological polar surface area (TPSA) is 51.2 Å². The average Bonchev–Trinajstić information content (AvgIpc) is 3.06. The summed E-state index contributed by atoms with van der Waals surface area (Å²) in [7, 11) is 0. The van der Waals surface area contributed by atoms with E-state index in [1.54, 1.807) is 0 Å². The molecule has 0 aliphatic rings. The molecule has 3 rings (SSSR count). The van der Waals surface area contributed by atoms with Crippen molar-refractivity contribution in [2.75, 3.05) is 11.9 Å². The fraction of sp³-hybridized carbons (Fsp3) is 0.158. The molecule has 0 aliphatic carbocycles. The van der Waals surface area contributed by atoms with Gasteiger partial charge in [0, 0.05) is 9.85 Å². The fourth-order valence-corrected chi connectivity index (χ4v) is 3.59. The van der Waals surface area contributed by atoms with Crippen LogP contribution in [0.5, 0.6) is 5.75 Å². The summed E-state index contributed by atoms with van der Waals surface area (Å²) in [6, 6.07) is 15.3. The van der Waals surface area contributed by atoms with Gasteiger partial charge in [-0.15, -0.1) is 11.3 Å². The molecule has 1 amide bonds. The van der Waals surface area contributed by atoms with Crippen LogP contribution < -0.4 is 10.1 Å². The van der Waals surface area contributed by atoms with E-state index >= 15 is 0 Å². The van der Waals surface area contributed by atoms with Crippen LogP contribution in [0.4, 0.5) is 5.69 Å². The second kappa shape index (κ2) is 8.27. The highest BCUT2D eigenvalue weighted by molar-refractivity contribution is 9.10. The number of ether oxygens (including phenoxy) is 1. The van der Waals surface area contributed by atoms with Crippen molar-refractivity contribution >= 4 is 38.9 Å². The molecule has 2 aromatic carbocycles.